The first-order valence-corrected chi connectivity index (χ1v) is 6.46. The van der Waals surface area contributed by atoms with Gasteiger partial charge in [0.05, 0.1) is 12.1 Å². The highest BCUT2D eigenvalue weighted by Gasteiger charge is 2.12. The number of carbonyl (C=O) groups is 1. The number of pyridine rings is 1. The molecule has 0 fully saturated rings. The van der Waals surface area contributed by atoms with Crippen LogP contribution in [-0.2, 0) is 17.8 Å². The Kier molecular flexibility index (Phi) is 4.45. The molecule has 0 aliphatic heterocycles. The molecule has 0 unspecified atom stereocenters. The highest BCUT2D eigenvalue weighted by atomic mass is 19.1. The molecule has 0 saturated heterocycles. The van der Waals surface area contributed by atoms with Crippen molar-refractivity contribution in [1.82, 2.24) is 14.5 Å². The molecular weight excluding hydrogens is 259 g/mol. The summed E-state index contributed by atoms with van der Waals surface area (Å²) in [6.07, 6.45) is 4.78. The maximum atomic E-state index is 13.4. The first-order chi connectivity index (χ1) is 9.56. The summed E-state index contributed by atoms with van der Waals surface area (Å²) in [4.78, 5) is 19.8. The first kappa shape index (κ1) is 14.2. The minimum atomic E-state index is -0.479. The number of anilines is 1. The number of aromatic nitrogens is 3. The zero-order valence-electron chi connectivity index (χ0n) is 11.5. The SMILES string of the molecule is CC(C)Cn1ccnc1NC(=O)Cc1ncccc1F. The molecule has 1 N–H and O–H groups in total. The van der Waals surface area contributed by atoms with Crippen LogP contribution in [0, 0.1) is 11.7 Å². The smallest absolute Gasteiger partial charge is 0.232 e. The summed E-state index contributed by atoms with van der Waals surface area (Å²) >= 11 is 0. The van der Waals surface area contributed by atoms with Crippen LogP contribution in [0.25, 0.3) is 0 Å². The summed E-state index contributed by atoms with van der Waals surface area (Å²) in [6.45, 7) is 4.91. The van der Waals surface area contributed by atoms with Crippen LogP contribution in [0.15, 0.2) is 30.7 Å². The van der Waals surface area contributed by atoms with Crippen molar-refractivity contribution in [3.05, 3.63) is 42.2 Å². The van der Waals surface area contributed by atoms with Gasteiger partial charge >= 0.3 is 0 Å². The molecule has 106 valence electrons. The zero-order chi connectivity index (χ0) is 14.5. The molecule has 2 rings (SSSR count). The largest absolute Gasteiger partial charge is 0.317 e. The van der Waals surface area contributed by atoms with E-state index >= 15 is 0 Å². The van der Waals surface area contributed by atoms with Gasteiger partial charge in [-0.15, -0.1) is 0 Å². The number of imidazole rings is 1. The van der Waals surface area contributed by atoms with Crippen molar-refractivity contribution in [2.45, 2.75) is 26.8 Å². The number of hydrogen-bond donors (Lipinski definition) is 1. The standard InChI is InChI=1S/C14H17FN4O/c1-10(2)9-19-7-6-17-14(19)18-13(20)8-12-11(15)4-3-5-16-12/h3-7,10H,8-9H2,1-2H3,(H,17,18,20). The topological polar surface area (TPSA) is 59.8 Å². The van der Waals surface area contributed by atoms with Gasteiger partial charge in [-0.3, -0.25) is 15.1 Å². The van der Waals surface area contributed by atoms with E-state index in [1.807, 2.05) is 4.57 Å². The molecule has 2 aromatic rings. The average Bonchev–Trinajstić information content (AvgIpc) is 2.78. The lowest BCUT2D eigenvalue weighted by Crippen LogP contribution is -2.19. The van der Waals surface area contributed by atoms with Crippen molar-refractivity contribution in [2.24, 2.45) is 5.92 Å². The van der Waals surface area contributed by atoms with Crippen molar-refractivity contribution in [3.63, 3.8) is 0 Å². The molecule has 0 atom stereocenters. The molecule has 5 nitrogen and oxygen atoms in total. The average molecular weight is 276 g/mol. The second kappa shape index (κ2) is 6.27. The molecule has 0 aromatic carbocycles. The monoisotopic (exact) mass is 276 g/mol. The summed E-state index contributed by atoms with van der Waals surface area (Å²) in [5.74, 6) is 0.0973. The predicted molar refractivity (Wildman–Crippen MR) is 73.6 cm³/mol. The van der Waals surface area contributed by atoms with Crippen LogP contribution in [0.1, 0.15) is 19.5 Å². The van der Waals surface area contributed by atoms with Gasteiger partial charge in [0, 0.05) is 25.1 Å². The number of hydrogen-bond acceptors (Lipinski definition) is 3. The van der Waals surface area contributed by atoms with E-state index in [-0.39, 0.29) is 18.0 Å². The Morgan fingerprint density at radius 1 is 1.40 bits per heavy atom. The summed E-state index contributed by atoms with van der Waals surface area (Å²) in [5.41, 5.74) is 0.131. The van der Waals surface area contributed by atoms with Gasteiger partial charge in [-0.05, 0) is 18.1 Å². The summed E-state index contributed by atoms with van der Waals surface area (Å²) < 4.78 is 15.3. The fourth-order valence-electron chi connectivity index (χ4n) is 1.84. The molecule has 0 saturated carbocycles. The number of nitrogens with zero attached hydrogens (tertiary/aromatic N) is 3. The van der Waals surface area contributed by atoms with Crippen molar-refractivity contribution in [3.8, 4) is 0 Å². The maximum Gasteiger partial charge on any atom is 0.232 e. The van der Waals surface area contributed by atoms with Gasteiger partial charge < -0.3 is 4.57 Å². The Bertz CT molecular complexity index is 594. The third-order valence-electron chi connectivity index (χ3n) is 2.69. The summed E-state index contributed by atoms with van der Waals surface area (Å²) in [7, 11) is 0. The van der Waals surface area contributed by atoms with Gasteiger partial charge in [0.25, 0.3) is 0 Å². The van der Waals surface area contributed by atoms with Crippen molar-refractivity contribution < 1.29 is 9.18 Å². The van der Waals surface area contributed by atoms with E-state index in [4.69, 9.17) is 0 Å². The second-order valence-electron chi connectivity index (χ2n) is 4.95. The molecule has 6 heteroatoms. The lowest BCUT2D eigenvalue weighted by atomic mass is 10.2. The molecule has 20 heavy (non-hydrogen) atoms. The zero-order valence-corrected chi connectivity index (χ0v) is 11.5. The lowest BCUT2D eigenvalue weighted by molar-refractivity contribution is -0.115. The van der Waals surface area contributed by atoms with E-state index in [9.17, 15) is 9.18 Å². The van der Waals surface area contributed by atoms with Crippen molar-refractivity contribution in [1.29, 1.82) is 0 Å². The lowest BCUT2D eigenvalue weighted by Gasteiger charge is -2.11. The van der Waals surface area contributed by atoms with E-state index in [1.165, 1.54) is 18.3 Å². The predicted octanol–water partition coefficient (Wildman–Crippen LogP) is 2.25. The summed E-state index contributed by atoms with van der Waals surface area (Å²) in [5, 5.41) is 2.68. The number of carbonyl (C=O) groups excluding carboxylic acids is 1. The third-order valence-corrected chi connectivity index (χ3v) is 2.69. The van der Waals surface area contributed by atoms with E-state index in [0.717, 1.165) is 6.54 Å². The van der Waals surface area contributed by atoms with Crippen LogP contribution in [0.3, 0.4) is 0 Å². The number of amides is 1. The number of rotatable bonds is 5. The fraction of sp³-hybridized carbons (Fsp3) is 0.357. The fourth-order valence-corrected chi connectivity index (χ4v) is 1.84. The van der Waals surface area contributed by atoms with Gasteiger partial charge in [-0.25, -0.2) is 9.37 Å². The van der Waals surface area contributed by atoms with E-state index in [2.05, 4.69) is 29.1 Å². The van der Waals surface area contributed by atoms with Gasteiger partial charge in [0.15, 0.2) is 0 Å². The minimum absolute atomic E-state index is 0.110. The Hall–Kier alpha value is -2.24. The molecule has 0 spiro atoms. The second-order valence-corrected chi connectivity index (χ2v) is 4.95. The van der Waals surface area contributed by atoms with E-state index in [0.29, 0.717) is 11.9 Å². The third kappa shape index (κ3) is 3.63. The van der Waals surface area contributed by atoms with Crippen LogP contribution in [0.5, 0.6) is 0 Å². The molecular formula is C14H17FN4O. The van der Waals surface area contributed by atoms with Gasteiger partial charge in [-0.1, -0.05) is 13.8 Å². The van der Waals surface area contributed by atoms with Gasteiger partial charge in [-0.2, -0.15) is 0 Å². The Morgan fingerprint density at radius 2 is 2.20 bits per heavy atom. The van der Waals surface area contributed by atoms with Gasteiger partial charge in [0.1, 0.15) is 5.82 Å². The van der Waals surface area contributed by atoms with Crippen LogP contribution >= 0.6 is 0 Å². The first-order valence-electron chi connectivity index (χ1n) is 6.46. The molecule has 0 aliphatic rings. The Balaban J connectivity index is 2.02. The quantitative estimate of drug-likeness (QED) is 0.911. The molecule has 0 bridgehead atoms. The van der Waals surface area contributed by atoms with Gasteiger partial charge in [0.2, 0.25) is 11.9 Å². The van der Waals surface area contributed by atoms with Crippen LogP contribution in [0.2, 0.25) is 0 Å². The molecule has 2 aromatic heterocycles. The highest BCUT2D eigenvalue weighted by Crippen LogP contribution is 2.10. The minimum Gasteiger partial charge on any atom is -0.317 e. The van der Waals surface area contributed by atoms with Crippen molar-refractivity contribution >= 4 is 11.9 Å². The van der Waals surface area contributed by atoms with Crippen LogP contribution in [-0.4, -0.2) is 20.4 Å². The van der Waals surface area contributed by atoms with E-state index in [1.54, 1.807) is 12.4 Å². The molecule has 1 amide bonds. The maximum absolute atomic E-state index is 13.4. The van der Waals surface area contributed by atoms with Crippen molar-refractivity contribution in [2.75, 3.05) is 5.32 Å². The summed E-state index contributed by atoms with van der Waals surface area (Å²) in [6, 6.07) is 2.78. The molecule has 2 heterocycles. The van der Waals surface area contributed by atoms with Crippen LogP contribution in [0.4, 0.5) is 10.3 Å². The Labute approximate surface area is 116 Å². The normalized spacial score (nSPS) is 10.8. The molecule has 0 aliphatic carbocycles. The van der Waals surface area contributed by atoms with E-state index < -0.39 is 5.82 Å². The Morgan fingerprint density at radius 3 is 2.90 bits per heavy atom. The number of halogens is 1. The van der Waals surface area contributed by atoms with Crippen LogP contribution < -0.4 is 5.32 Å². The number of nitrogens with one attached hydrogen (secondary N) is 1. The molecule has 0 radical (unpaired) electrons. The highest BCUT2D eigenvalue weighted by molar-refractivity contribution is 5.90.